The van der Waals surface area contributed by atoms with Crippen LogP contribution in [0, 0.1) is 5.92 Å². The number of hydrogen-bond donors (Lipinski definition) is 3. The van der Waals surface area contributed by atoms with Crippen molar-refractivity contribution in [1.82, 2.24) is 10.2 Å². The highest BCUT2D eigenvalue weighted by molar-refractivity contribution is 5.89. The van der Waals surface area contributed by atoms with Gasteiger partial charge < -0.3 is 21.1 Å². The predicted octanol–water partition coefficient (Wildman–Crippen LogP) is -2.18. The summed E-state index contributed by atoms with van der Waals surface area (Å²) in [7, 11) is 0. The number of likely N-dealkylation sites (tertiary alicyclic amines) is 1. The molecule has 1 aliphatic rings. The molecule has 7 nitrogen and oxygen atoms in total. The quantitative estimate of drug-likeness (QED) is 0.509. The van der Waals surface area contributed by atoms with E-state index in [1.54, 1.807) is 4.90 Å². The van der Waals surface area contributed by atoms with E-state index in [0.717, 1.165) is 0 Å². The maximum absolute atomic E-state index is 11.6. The van der Waals surface area contributed by atoms with Gasteiger partial charge in [-0.2, -0.15) is 0 Å². The Labute approximate surface area is 98.9 Å². The zero-order valence-electron chi connectivity index (χ0n) is 9.68. The Bertz CT molecular complexity index is 332. The van der Waals surface area contributed by atoms with Crippen molar-refractivity contribution in [1.29, 1.82) is 0 Å². The summed E-state index contributed by atoms with van der Waals surface area (Å²) in [5.41, 5.74) is 4.84. The first-order valence-electron chi connectivity index (χ1n) is 5.48. The molecule has 4 N–H and O–H groups in total. The second-order valence-electron chi connectivity index (χ2n) is 4.00. The molecule has 2 unspecified atom stereocenters. The standard InChI is InChI=1S/C10H17N3O4/c1-2-13-5-6(3-8(13)15)10(17)12-4-7(14)9(11)16/h6-7,14H,2-5H2,1H3,(H2,11,16)(H,12,17). The van der Waals surface area contributed by atoms with Crippen molar-refractivity contribution in [3.8, 4) is 0 Å². The summed E-state index contributed by atoms with van der Waals surface area (Å²) in [6.07, 6.45) is -1.22. The van der Waals surface area contributed by atoms with E-state index in [0.29, 0.717) is 13.1 Å². The van der Waals surface area contributed by atoms with E-state index < -0.39 is 17.9 Å². The summed E-state index contributed by atoms with van der Waals surface area (Å²) < 4.78 is 0. The van der Waals surface area contributed by atoms with Gasteiger partial charge in [-0.1, -0.05) is 0 Å². The van der Waals surface area contributed by atoms with Gasteiger partial charge >= 0.3 is 0 Å². The van der Waals surface area contributed by atoms with Gasteiger partial charge in [0.05, 0.1) is 12.5 Å². The first-order valence-corrected chi connectivity index (χ1v) is 5.48. The fraction of sp³-hybridized carbons (Fsp3) is 0.700. The normalized spacial score (nSPS) is 21.4. The number of carbonyl (C=O) groups excluding carboxylic acids is 3. The van der Waals surface area contributed by atoms with Gasteiger partial charge in [0.1, 0.15) is 6.10 Å². The molecule has 0 saturated carbocycles. The topological polar surface area (TPSA) is 113 Å². The molecular weight excluding hydrogens is 226 g/mol. The molecule has 96 valence electrons. The highest BCUT2D eigenvalue weighted by Gasteiger charge is 2.33. The van der Waals surface area contributed by atoms with Crippen LogP contribution in [0.15, 0.2) is 0 Å². The zero-order chi connectivity index (χ0) is 13.0. The average Bonchev–Trinajstić information content (AvgIpc) is 2.66. The summed E-state index contributed by atoms with van der Waals surface area (Å²) in [5, 5.41) is 11.5. The molecule has 1 saturated heterocycles. The number of nitrogens with one attached hydrogen (secondary N) is 1. The van der Waals surface area contributed by atoms with Crippen molar-refractivity contribution in [3.63, 3.8) is 0 Å². The SMILES string of the molecule is CCN1CC(C(=O)NCC(O)C(N)=O)CC1=O. The highest BCUT2D eigenvalue weighted by Crippen LogP contribution is 2.17. The van der Waals surface area contributed by atoms with E-state index in [2.05, 4.69) is 5.32 Å². The number of rotatable bonds is 5. The summed E-state index contributed by atoms with van der Waals surface area (Å²) in [4.78, 5) is 35.1. The van der Waals surface area contributed by atoms with Crippen molar-refractivity contribution in [2.75, 3.05) is 19.6 Å². The maximum atomic E-state index is 11.6. The number of amides is 3. The Hall–Kier alpha value is -1.63. The molecule has 0 aromatic carbocycles. The first-order chi connectivity index (χ1) is 7.95. The lowest BCUT2D eigenvalue weighted by atomic mass is 10.1. The number of nitrogens with two attached hydrogens (primary N) is 1. The van der Waals surface area contributed by atoms with Crippen molar-refractivity contribution in [2.24, 2.45) is 11.7 Å². The van der Waals surface area contributed by atoms with E-state index in [-0.39, 0.29) is 24.8 Å². The Kier molecular flexibility index (Phi) is 4.45. The summed E-state index contributed by atoms with van der Waals surface area (Å²) in [6.45, 7) is 2.58. The van der Waals surface area contributed by atoms with Gasteiger partial charge in [-0.3, -0.25) is 14.4 Å². The third-order valence-corrected chi connectivity index (χ3v) is 2.77. The lowest BCUT2D eigenvalue weighted by Gasteiger charge is -2.14. The fourth-order valence-corrected chi connectivity index (χ4v) is 1.70. The average molecular weight is 243 g/mol. The van der Waals surface area contributed by atoms with Crippen LogP contribution < -0.4 is 11.1 Å². The second-order valence-corrected chi connectivity index (χ2v) is 4.00. The number of primary amides is 1. The number of aliphatic hydroxyl groups excluding tert-OH is 1. The molecule has 7 heteroatoms. The first kappa shape index (κ1) is 13.4. The molecule has 0 aromatic rings. The van der Waals surface area contributed by atoms with Gasteiger partial charge in [0.2, 0.25) is 17.7 Å². The summed E-state index contributed by atoms with van der Waals surface area (Å²) in [5.74, 6) is -1.69. The van der Waals surface area contributed by atoms with Crippen molar-refractivity contribution < 1.29 is 19.5 Å². The molecular formula is C10H17N3O4. The fourth-order valence-electron chi connectivity index (χ4n) is 1.70. The molecule has 17 heavy (non-hydrogen) atoms. The lowest BCUT2D eigenvalue weighted by Crippen LogP contribution is -2.42. The highest BCUT2D eigenvalue weighted by atomic mass is 16.3. The van der Waals surface area contributed by atoms with Crippen LogP contribution in [0.2, 0.25) is 0 Å². The molecule has 0 radical (unpaired) electrons. The van der Waals surface area contributed by atoms with Crippen LogP contribution in [0.5, 0.6) is 0 Å². The minimum Gasteiger partial charge on any atom is -0.381 e. The molecule has 0 bridgehead atoms. The third-order valence-electron chi connectivity index (χ3n) is 2.77. The van der Waals surface area contributed by atoms with Crippen LogP contribution in [-0.2, 0) is 14.4 Å². The Morgan fingerprint density at radius 3 is 2.76 bits per heavy atom. The van der Waals surface area contributed by atoms with Gasteiger partial charge in [0, 0.05) is 19.5 Å². The minimum absolute atomic E-state index is 0.0527. The molecule has 1 heterocycles. The molecule has 2 atom stereocenters. The largest absolute Gasteiger partial charge is 0.381 e. The number of aliphatic hydroxyl groups is 1. The molecule has 1 rings (SSSR count). The summed E-state index contributed by atoms with van der Waals surface area (Å²) in [6, 6.07) is 0. The molecule has 3 amide bonds. The molecule has 0 aromatic heterocycles. The van der Waals surface area contributed by atoms with Crippen LogP contribution >= 0.6 is 0 Å². The van der Waals surface area contributed by atoms with Gasteiger partial charge in [-0.05, 0) is 6.92 Å². The van der Waals surface area contributed by atoms with Crippen LogP contribution in [-0.4, -0.2) is 53.5 Å². The van der Waals surface area contributed by atoms with E-state index >= 15 is 0 Å². The number of hydrogen-bond acceptors (Lipinski definition) is 4. The van der Waals surface area contributed by atoms with E-state index in [1.165, 1.54) is 0 Å². The lowest BCUT2D eigenvalue weighted by molar-refractivity contribution is -0.130. The smallest absolute Gasteiger partial charge is 0.248 e. The van der Waals surface area contributed by atoms with Gasteiger partial charge in [0.25, 0.3) is 0 Å². The Balaban J connectivity index is 2.39. The van der Waals surface area contributed by atoms with Crippen molar-refractivity contribution >= 4 is 17.7 Å². The van der Waals surface area contributed by atoms with E-state index in [9.17, 15) is 14.4 Å². The third kappa shape index (κ3) is 3.42. The molecule has 0 aliphatic carbocycles. The van der Waals surface area contributed by atoms with Gasteiger partial charge in [-0.15, -0.1) is 0 Å². The molecule has 1 aliphatic heterocycles. The van der Waals surface area contributed by atoms with Gasteiger partial charge in [-0.25, -0.2) is 0 Å². The van der Waals surface area contributed by atoms with Crippen molar-refractivity contribution in [3.05, 3.63) is 0 Å². The Morgan fingerprint density at radius 2 is 2.29 bits per heavy atom. The zero-order valence-corrected chi connectivity index (χ0v) is 9.68. The second kappa shape index (κ2) is 5.62. The summed E-state index contributed by atoms with van der Waals surface area (Å²) >= 11 is 0. The van der Waals surface area contributed by atoms with Crippen LogP contribution in [0.3, 0.4) is 0 Å². The molecule has 1 fully saturated rings. The van der Waals surface area contributed by atoms with Gasteiger partial charge in [0.15, 0.2) is 0 Å². The van der Waals surface area contributed by atoms with Crippen LogP contribution in [0.4, 0.5) is 0 Å². The number of carbonyl (C=O) groups is 3. The van der Waals surface area contributed by atoms with Crippen molar-refractivity contribution in [2.45, 2.75) is 19.4 Å². The van der Waals surface area contributed by atoms with Crippen LogP contribution in [0.1, 0.15) is 13.3 Å². The van der Waals surface area contributed by atoms with E-state index in [1.807, 2.05) is 6.92 Å². The van der Waals surface area contributed by atoms with E-state index in [4.69, 9.17) is 10.8 Å². The number of nitrogens with zero attached hydrogens (tertiary/aromatic N) is 1. The molecule has 0 spiro atoms. The minimum atomic E-state index is -1.39. The Morgan fingerprint density at radius 1 is 1.65 bits per heavy atom. The monoisotopic (exact) mass is 243 g/mol. The predicted molar refractivity (Wildman–Crippen MR) is 58.6 cm³/mol. The van der Waals surface area contributed by atoms with Crippen LogP contribution in [0.25, 0.3) is 0 Å². The maximum Gasteiger partial charge on any atom is 0.248 e.